The monoisotopic (exact) mass is 886 g/mol. The van der Waals surface area contributed by atoms with Crippen LogP contribution in [0.5, 0.6) is 0 Å². The van der Waals surface area contributed by atoms with E-state index in [0.29, 0.717) is 12.2 Å². The summed E-state index contributed by atoms with van der Waals surface area (Å²) in [6.07, 6.45) is -3.65. The maximum Gasteiger partial charge on any atom is 0.378 e. The van der Waals surface area contributed by atoms with Crippen LogP contribution in [0.15, 0.2) is 95.2 Å². The molecule has 3 saturated heterocycles. The lowest BCUT2D eigenvalue weighted by Crippen LogP contribution is -2.33. The summed E-state index contributed by atoms with van der Waals surface area (Å²) >= 11 is 0. The van der Waals surface area contributed by atoms with E-state index in [1.54, 1.807) is 41.5 Å². The summed E-state index contributed by atoms with van der Waals surface area (Å²) in [4.78, 5) is 34.8. The Bertz CT molecular complexity index is 2020. The van der Waals surface area contributed by atoms with Gasteiger partial charge in [0.05, 0.1) is 26.4 Å². The summed E-state index contributed by atoms with van der Waals surface area (Å²) in [5, 5.41) is 37.3. The third-order valence-electron chi connectivity index (χ3n) is 9.89. The van der Waals surface area contributed by atoms with Crippen molar-refractivity contribution in [3.05, 3.63) is 106 Å². The summed E-state index contributed by atoms with van der Waals surface area (Å²) in [7, 11) is 0. The average Bonchev–Trinajstić information content (AvgIpc) is 4.09. The van der Waals surface area contributed by atoms with Crippen molar-refractivity contribution < 1.29 is 91.7 Å². The molecule has 0 aliphatic carbocycles. The molecule has 6 unspecified atom stereocenters. The Morgan fingerprint density at radius 2 is 0.968 bits per heavy atom. The Labute approximate surface area is 363 Å². The first-order valence-corrected chi connectivity index (χ1v) is 20.3. The number of benzene rings is 2. The number of aliphatic hydroxyl groups excluding tert-OH is 4. The molecule has 2 aromatic rings. The smallest absolute Gasteiger partial charge is 0.378 e. The molecule has 63 heavy (non-hydrogen) atoms. The van der Waals surface area contributed by atoms with Gasteiger partial charge < -0.3 is 77.3 Å². The molecule has 4 N–H and O–H groups in total. The Balaban J connectivity index is 0.000000163. The molecule has 19 heteroatoms. The Morgan fingerprint density at radius 1 is 0.556 bits per heavy atom. The van der Waals surface area contributed by atoms with E-state index >= 15 is 0 Å². The Morgan fingerprint density at radius 3 is 1.40 bits per heavy atom. The highest BCUT2D eigenvalue weighted by molar-refractivity contribution is 5.90. The van der Waals surface area contributed by atoms with Gasteiger partial charge in [0.1, 0.15) is 31.5 Å². The van der Waals surface area contributed by atoms with Gasteiger partial charge in [-0.15, -0.1) is 0 Å². The summed E-state index contributed by atoms with van der Waals surface area (Å²) in [5.74, 6) is -5.92. The van der Waals surface area contributed by atoms with Gasteiger partial charge in [-0.05, 0) is 52.7 Å². The molecule has 6 aliphatic heterocycles. The predicted octanol–water partition coefficient (Wildman–Crippen LogP) is 4.33. The summed E-state index contributed by atoms with van der Waals surface area (Å²) < 4.78 is 65.6. The van der Waals surface area contributed by atoms with E-state index in [4.69, 9.17) is 67.1 Å². The Hall–Kier alpha value is -5.41. The minimum Gasteiger partial charge on any atom is -0.505 e. The van der Waals surface area contributed by atoms with Crippen LogP contribution in [0.1, 0.15) is 59.1 Å². The lowest BCUT2D eigenvalue weighted by atomic mass is 10.1. The minimum absolute atomic E-state index is 0.0280. The molecule has 19 nitrogen and oxygen atoms in total. The lowest BCUT2D eigenvalue weighted by Gasteiger charge is -2.22. The van der Waals surface area contributed by atoms with Crippen molar-refractivity contribution in [2.24, 2.45) is 0 Å². The zero-order chi connectivity index (χ0) is 45.5. The molecule has 6 atom stereocenters. The van der Waals surface area contributed by atoms with E-state index in [1.807, 2.05) is 60.7 Å². The van der Waals surface area contributed by atoms with Gasteiger partial charge >= 0.3 is 17.9 Å². The molecule has 0 aromatic heterocycles. The summed E-state index contributed by atoms with van der Waals surface area (Å²) in [6.45, 7) is 12.0. The second-order valence-electron chi connectivity index (χ2n) is 16.2. The van der Waals surface area contributed by atoms with Gasteiger partial charge in [-0.25, -0.2) is 14.4 Å². The second-order valence-corrected chi connectivity index (χ2v) is 16.2. The van der Waals surface area contributed by atoms with E-state index in [1.165, 1.54) is 0 Å². The van der Waals surface area contributed by atoms with E-state index in [0.717, 1.165) is 11.1 Å². The highest BCUT2D eigenvalue weighted by Crippen LogP contribution is 2.36. The molecule has 344 valence electrons. The van der Waals surface area contributed by atoms with Gasteiger partial charge in [0.25, 0.3) is 0 Å². The van der Waals surface area contributed by atoms with Crippen molar-refractivity contribution in [1.82, 2.24) is 0 Å². The number of esters is 3. The highest BCUT2D eigenvalue weighted by atomic mass is 16.8. The fourth-order valence-corrected chi connectivity index (χ4v) is 6.85. The van der Waals surface area contributed by atoms with Crippen LogP contribution in [-0.4, -0.2) is 125 Å². The SMILES string of the molecule is CC1(C)OCC(C2OC(=O)C(O)=C2O)O1.CC1(C)OCC(C2OC(=O)C(O)=C2OCc2ccccc2)O1.CC1(C)OCC(C2OC(=O)C(OCCCO)=C2OCc2ccccc2)O1. The third-order valence-corrected chi connectivity index (χ3v) is 9.89. The third kappa shape index (κ3) is 12.0. The molecule has 0 radical (unpaired) electrons. The average molecular weight is 887 g/mol. The van der Waals surface area contributed by atoms with Crippen molar-refractivity contribution >= 4 is 17.9 Å². The van der Waals surface area contributed by atoms with Crippen molar-refractivity contribution in [3.8, 4) is 0 Å². The normalized spacial score (nSPS) is 27.9. The number of hydrogen-bond donors (Lipinski definition) is 4. The molecule has 6 aliphatic rings. The first-order chi connectivity index (χ1) is 29.9. The van der Waals surface area contributed by atoms with Crippen molar-refractivity contribution in [2.75, 3.05) is 33.0 Å². The zero-order valence-electron chi connectivity index (χ0n) is 35.8. The van der Waals surface area contributed by atoms with Gasteiger partial charge in [-0.2, -0.15) is 0 Å². The van der Waals surface area contributed by atoms with Crippen LogP contribution in [0, 0.1) is 0 Å². The van der Waals surface area contributed by atoms with E-state index in [9.17, 15) is 24.6 Å². The summed E-state index contributed by atoms with van der Waals surface area (Å²) in [6, 6.07) is 19.1. The number of ether oxygens (including phenoxy) is 12. The van der Waals surface area contributed by atoms with Gasteiger partial charge in [-0.3, -0.25) is 0 Å². The van der Waals surface area contributed by atoms with Crippen LogP contribution < -0.4 is 0 Å². The van der Waals surface area contributed by atoms with Crippen LogP contribution in [0.3, 0.4) is 0 Å². The van der Waals surface area contributed by atoms with Crippen LogP contribution in [0.25, 0.3) is 0 Å². The molecule has 3 fully saturated rings. The topological polar surface area (TPSA) is 243 Å². The fraction of sp³-hybridized carbons (Fsp3) is 0.523. The molecule has 0 spiro atoms. The standard InChI is InChI=1S/C19H24O7.C16H18O6.C9H12O6/c1-19(2)24-12-14(26-19)15-16(23-11-13-7-4-3-5-8-13)17(18(21)25-15)22-10-6-9-20;1-16(2)20-9-11(22-16)13-14(12(17)15(18)21-13)19-8-10-6-4-3-5-7-10;1-9(2)13-3-4(15-9)7-5(10)6(11)8(12)14-7/h3-5,7-8,14-15,20H,6,9-12H2,1-2H3;3-7,11,13,17H,8-9H2,1-2H3;4,7,10-11H,3H2,1-2H3. The quantitative estimate of drug-likeness (QED) is 0.124. The number of hydrogen-bond acceptors (Lipinski definition) is 19. The van der Waals surface area contributed by atoms with E-state index < -0.39 is 89.2 Å². The van der Waals surface area contributed by atoms with Crippen molar-refractivity contribution in [1.29, 1.82) is 0 Å². The van der Waals surface area contributed by atoms with Crippen molar-refractivity contribution in [3.63, 3.8) is 0 Å². The second kappa shape index (κ2) is 20.0. The number of aliphatic hydroxyl groups is 4. The largest absolute Gasteiger partial charge is 0.505 e. The molecular formula is C44H54O19. The predicted molar refractivity (Wildman–Crippen MR) is 213 cm³/mol. The molecule has 0 bridgehead atoms. The number of carbonyl (C=O) groups is 3. The summed E-state index contributed by atoms with van der Waals surface area (Å²) in [5.41, 5.74) is 1.88. The molecule has 6 heterocycles. The van der Waals surface area contributed by atoms with Gasteiger partial charge in [0, 0.05) is 13.0 Å². The van der Waals surface area contributed by atoms with Crippen LogP contribution in [0.2, 0.25) is 0 Å². The Kier molecular flexibility index (Phi) is 14.9. The molecular weight excluding hydrogens is 832 g/mol. The van der Waals surface area contributed by atoms with Crippen LogP contribution in [0.4, 0.5) is 0 Å². The van der Waals surface area contributed by atoms with E-state index in [-0.39, 0.29) is 57.8 Å². The lowest BCUT2D eigenvalue weighted by molar-refractivity contribution is -0.164. The van der Waals surface area contributed by atoms with Gasteiger partial charge in [-0.1, -0.05) is 60.7 Å². The van der Waals surface area contributed by atoms with Crippen LogP contribution >= 0.6 is 0 Å². The minimum atomic E-state index is -0.973. The molecule has 0 saturated carbocycles. The van der Waals surface area contributed by atoms with Gasteiger partial charge in [0.15, 0.2) is 53.0 Å². The number of cyclic esters (lactones) is 3. The molecule has 2 aromatic carbocycles. The van der Waals surface area contributed by atoms with Crippen molar-refractivity contribution in [2.45, 2.75) is 115 Å². The number of carbonyl (C=O) groups excluding carboxylic acids is 3. The fourth-order valence-electron chi connectivity index (χ4n) is 6.85. The van der Waals surface area contributed by atoms with Gasteiger partial charge in [0.2, 0.25) is 17.3 Å². The molecule has 8 rings (SSSR count). The maximum absolute atomic E-state index is 12.3. The molecule has 0 amide bonds. The van der Waals surface area contributed by atoms with E-state index in [2.05, 4.69) is 0 Å². The number of rotatable bonds is 13. The maximum atomic E-state index is 12.3. The zero-order valence-corrected chi connectivity index (χ0v) is 35.8. The first kappa shape index (κ1) is 47.1. The first-order valence-electron chi connectivity index (χ1n) is 20.3. The highest BCUT2D eigenvalue weighted by Gasteiger charge is 2.50. The van der Waals surface area contributed by atoms with Crippen LogP contribution in [-0.2, 0) is 84.4 Å².